The molecule has 0 saturated heterocycles. The Labute approximate surface area is 131 Å². The van der Waals surface area contributed by atoms with Gasteiger partial charge in [0, 0.05) is 17.5 Å². The second kappa shape index (κ2) is 8.98. The normalized spacial score (nSPS) is 15.7. The number of rotatable bonds is 7. The highest BCUT2D eigenvalue weighted by molar-refractivity contribution is 7.99. The van der Waals surface area contributed by atoms with E-state index in [0.717, 1.165) is 23.3 Å². The molecule has 116 valence electrons. The lowest BCUT2D eigenvalue weighted by Gasteiger charge is -2.20. The fourth-order valence-corrected chi connectivity index (χ4v) is 3.70. The van der Waals surface area contributed by atoms with Gasteiger partial charge in [-0.15, -0.1) is 0 Å². The number of thioether (sulfide) groups is 1. The summed E-state index contributed by atoms with van der Waals surface area (Å²) in [5.74, 6) is 1.70. The van der Waals surface area contributed by atoms with Crippen LogP contribution in [0.25, 0.3) is 0 Å². The van der Waals surface area contributed by atoms with E-state index < -0.39 is 0 Å². The Bertz CT molecular complexity index is 427. The number of ether oxygens (including phenoxy) is 1. The minimum Gasteiger partial charge on any atom is -0.484 e. The monoisotopic (exact) mass is 307 g/mol. The van der Waals surface area contributed by atoms with E-state index in [4.69, 9.17) is 4.74 Å². The third-order valence-corrected chi connectivity index (χ3v) is 5.10. The summed E-state index contributed by atoms with van der Waals surface area (Å²) < 4.78 is 5.45. The van der Waals surface area contributed by atoms with Gasteiger partial charge in [-0.25, -0.2) is 0 Å². The minimum absolute atomic E-state index is 0.0418. The van der Waals surface area contributed by atoms with E-state index >= 15 is 0 Å². The van der Waals surface area contributed by atoms with Gasteiger partial charge in [0.1, 0.15) is 5.75 Å². The smallest absolute Gasteiger partial charge is 0.257 e. The zero-order chi connectivity index (χ0) is 14.9. The maximum atomic E-state index is 11.7. The van der Waals surface area contributed by atoms with Crippen LogP contribution in [0.4, 0.5) is 0 Å². The van der Waals surface area contributed by atoms with E-state index in [0.29, 0.717) is 0 Å². The SMILES string of the molecule is Cc1ccc(OCC(=O)NCCSC2CCCCC2)cc1. The first-order valence-electron chi connectivity index (χ1n) is 7.82. The summed E-state index contributed by atoms with van der Waals surface area (Å²) in [4.78, 5) is 11.7. The van der Waals surface area contributed by atoms with Gasteiger partial charge >= 0.3 is 0 Å². The fourth-order valence-electron chi connectivity index (χ4n) is 2.48. The highest BCUT2D eigenvalue weighted by Gasteiger charge is 2.13. The van der Waals surface area contributed by atoms with Crippen molar-refractivity contribution in [1.29, 1.82) is 0 Å². The number of nitrogens with one attached hydrogen (secondary N) is 1. The van der Waals surface area contributed by atoms with Gasteiger partial charge in [0.25, 0.3) is 5.91 Å². The largest absolute Gasteiger partial charge is 0.484 e. The number of hydrogen-bond acceptors (Lipinski definition) is 3. The topological polar surface area (TPSA) is 38.3 Å². The van der Waals surface area contributed by atoms with Crippen molar-refractivity contribution >= 4 is 17.7 Å². The molecule has 1 aromatic carbocycles. The molecule has 1 fully saturated rings. The van der Waals surface area contributed by atoms with Gasteiger partial charge in [0.05, 0.1) is 0 Å². The molecule has 1 aromatic rings. The van der Waals surface area contributed by atoms with Crippen molar-refractivity contribution < 1.29 is 9.53 Å². The van der Waals surface area contributed by atoms with Crippen molar-refractivity contribution in [3.8, 4) is 5.75 Å². The molecular formula is C17H25NO2S. The van der Waals surface area contributed by atoms with Crippen molar-refractivity contribution in [3.63, 3.8) is 0 Å². The summed E-state index contributed by atoms with van der Waals surface area (Å²) in [6, 6.07) is 7.74. The summed E-state index contributed by atoms with van der Waals surface area (Å²) in [5.41, 5.74) is 1.19. The maximum Gasteiger partial charge on any atom is 0.257 e. The second-order valence-electron chi connectivity index (χ2n) is 5.58. The molecule has 1 aliphatic carbocycles. The van der Waals surface area contributed by atoms with Crippen molar-refractivity contribution in [2.24, 2.45) is 0 Å². The highest BCUT2D eigenvalue weighted by atomic mass is 32.2. The predicted molar refractivity (Wildman–Crippen MR) is 89.0 cm³/mol. The van der Waals surface area contributed by atoms with Crippen LogP contribution in [-0.4, -0.2) is 30.1 Å². The van der Waals surface area contributed by atoms with E-state index in [9.17, 15) is 4.79 Å². The van der Waals surface area contributed by atoms with E-state index in [1.54, 1.807) is 0 Å². The van der Waals surface area contributed by atoms with E-state index in [2.05, 4.69) is 5.32 Å². The molecule has 21 heavy (non-hydrogen) atoms. The Hall–Kier alpha value is -1.16. The molecule has 0 atom stereocenters. The molecule has 1 aliphatic rings. The molecule has 0 unspecified atom stereocenters. The Balaban J connectivity index is 1.54. The van der Waals surface area contributed by atoms with Crippen LogP contribution in [0.3, 0.4) is 0 Å². The Morgan fingerprint density at radius 1 is 1.24 bits per heavy atom. The molecule has 2 rings (SSSR count). The van der Waals surface area contributed by atoms with Gasteiger partial charge in [-0.3, -0.25) is 4.79 Å². The standard InChI is InChI=1S/C17H25NO2S/c1-14-7-9-15(10-8-14)20-13-17(19)18-11-12-21-16-5-3-2-4-6-16/h7-10,16H,2-6,11-13H2,1H3,(H,18,19). The second-order valence-corrected chi connectivity index (χ2v) is 6.99. The number of amides is 1. The van der Waals surface area contributed by atoms with Gasteiger partial charge in [0.2, 0.25) is 0 Å². The lowest BCUT2D eigenvalue weighted by molar-refractivity contribution is -0.122. The average Bonchev–Trinajstić information content (AvgIpc) is 2.52. The molecule has 1 saturated carbocycles. The molecule has 3 nitrogen and oxygen atoms in total. The Morgan fingerprint density at radius 2 is 1.95 bits per heavy atom. The molecule has 0 heterocycles. The van der Waals surface area contributed by atoms with Gasteiger partial charge < -0.3 is 10.1 Å². The summed E-state index contributed by atoms with van der Waals surface area (Å²) in [6.07, 6.45) is 6.82. The van der Waals surface area contributed by atoms with Crippen LogP contribution in [0.1, 0.15) is 37.7 Å². The fraction of sp³-hybridized carbons (Fsp3) is 0.588. The highest BCUT2D eigenvalue weighted by Crippen LogP contribution is 2.27. The van der Waals surface area contributed by atoms with Crippen LogP contribution in [0, 0.1) is 6.92 Å². The lowest BCUT2D eigenvalue weighted by Crippen LogP contribution is -2.31. The lowest BCUT2D eigenvalue weighted by atomic mass is 10.0. The first kappa shape index (κ1) is 16.2. The van der Waals surface area contributed by atoms with Crippen molar-refractivity contribution in [1.82, 2.24) is 5.32 Å². The van der Waals surface area contributed by atoms with Crippen LogP contribution in [0.2, 0.25) is 0 Å². The number of carbonyl (C=O) groups is 1. The van der Waals surface area contributed by atoms with Crippen molar-refractivity contribution in [2.75, 3.05) is 18.9 Å². The molecule has 4 heteroatoms. The van der Waals surface area contributed by atoms with E-state index in [1.807, 2.05) is 43.0 Å². The van der Waals surface area contributed by atoms with Crippen LogP contribution in [-0.2, 0) is 4.79 Å². The molecule has 1 N–H and O–H groups in total. The molecule has 0 aromatic heterocycles. The molecule has 0 spiro atoms. The molecule has 0 radical (unpaired) electrons. The minimum atomic E-state index is -0.0418. The van der Waals surface area contributed by atoms with Crippen LogP contribution >= 0.6 is 11.8 Å². The van der Waals surface area contributed by atoms with Crippen molar-refractivity contribution in [3.05, 3.63) is 29.8 Å². The van der Waals surface area contributed by atoms with Crippen LogP contribution in [0.15, 0.2) is 24.3 Å². The first-order chi connectivity index (χ1) is 10.2. The van der Waals surface area contributed by atoms with Gasteiger partial charge in [-0.2, -0.15) is 11.8 Å². The van der Waals surface area contributed by atoms with E-state index in [-0.39, 0.29) is 12.5 Å². The number of hydrogen-bond donors (Lipinski definition) is 1. The summed E-state index contributed by atoms with van der Waals surface area (Å²) in [6.45, 7) is 2.86. The summed E-state index contributed by atoms with van der Waals surface area (Å²) >= 11 is 2.00. The Morgan fingerprint density at radius 3 is 2.67 bits per heavy atom. The zero-order valence-corrected chi connectivity index (χ0v) is 13.6. The third-order valence-electron chi connectivity index (χ3n) is 3.72. The summed E-state index contributed by atoms with van der Waals surface area (Å²) in [7, 11) is 0. The van der Waals surface area contributed by atoms with E-state index in [1.165, 1.54) is 37.7 Å². The summed E-state index contributed by atoms with van der Waals surface area (Å²) in [5, 5.41) is 3.72. The van der Waals surface area contributed by atoms with Gasteiger partial charge in [-0.05, 0) is 31.9 Å². The number of carbonyl (C=O) groups excluding carboxylic acids is 1. The van der Waals surface area contributed by atoms with Crippen LogP contribution in [0.5, 0.6) is 5.75 Å². The van der Waals surface area contributed by atoms with Gasteiger partial charge in [-0.1, -0.05) is 37.0 Å². The number of benzene rings is 1. The number of aryl methyl sites for hydroxylation is 1. The molecular weight excluding hydrogens is 282 g/mol. The first-order valence-corrected chi connectivity index (χ1v) is 8.87. The third kappa shape index (κ3) is 6.42. The quantitative estimate of drug-likeness (QED) is 0.783. The molecule has 0 bridgehead atoms. The van der Waals surface area contributed by atoms with Gasteiger partial charge in [0.15, 0.2) is 6.61 Å². The Kier molecular flexibility index (Phi) is 6.93. The predicted octanol–water partition coefficient (Wildman–Crippen LogP) is 3.56. The molecule has 1 amide bonds. The van der Waals surface area contributed by atoms with Crippen LogP contribution < -0.4 is 10.1 Å². The average molecular weight is 307 g/mol. The molecule has 0 aliphatic heterocycles. The maximum absolute atomic E-state index is 11.7. The van der Waals surface area contributed by atoms with Crippen molar-refractivity contribution in [2.45, 2.75) is 44.3 Å². The zero-order valence-electron chi connectivity index (χ0n) is 12.8.